The van der Waals surface area contributed by atoms with Gasteiger partial charge in [0, 0.05) is 22.1 Å². The van der Waals surface area contributed by atoms with E-state index in [0.717, 1.165) is 4.47 Å². The smallest absolute Gasteiger partial charge is 0.256 e. The number of nitrogens with two attached hydrogens (primary N) is 1. The minimum absolute atomic E-state index is 0.0633. The Kier molecular flexibility index (Phi) is 4.27. The fourth-order valence-corrected chi connectivity index (χ4v) is 3.09. The minimum Gasteiger partial charge on any atom is -0.398 e. The number of anilines is 1. The second kappa shape index (κ2) is 5.75. The van der Waals surface area contributed by atoms with E-state index < -0.39 is 0 Å². The van der Waals surface area contributed by atoms with E-state index >= 15 is 0 Å². The number of nitrogen functional groups attached to an aromatic ring is 1. The van der Waals surface area contributed by atoms with Gasteiger partial charge in [0.15, 0.2) is 0 Å². The molecule has 0 radical (unpaired) electrons. The van der Waals surface area contributed by atoms with Gasteiger partial charge < -0.3 is 10.6 Å². The van der Waals surface area contributed by atoms with Gasteiger partial charge in [-0.2, -0.15) is 0 Å². The molecule has 1 aromatic carbocycles. The molecule has 0 bridgehead atoms. The van der Waals surface area contributed by atoms with Crippen LogP contribution in [0.2, 0.25) is 0 Å². The third-order valence-corrected chi connectivity index (χ3v) is 4.44. The summed E-state index contributed by atoms with van der Waals surface area (Å²) in [5.41, 5.74) is 8.12. The van der Waals surface area contributed by atoms with Crippen LogP contribution < -0.4 is 5.73 Å². The molecule has 2 rings (SSSR count). The number of benzene rings is 1. The molecule has 1 aromatic heterocycles. The third-order valence-electron chi connectivity index (χ3n) is 2.94. The van der Waals surface area contributed by atoms with Crippen molar-refractivity contribution in [1.29, 1.82) is 0 Å². The lowest BCUT2D eigenvalue weighted by atomic mass is 10.1. The molecule has 2 aromatic rings. The molecule has 3 nitrogen and oxygen atoms in total. The molecule has 0 fully saturated rings. The molecule has 0 atom stereocenters. The quantitative estimate of drug-likeness (QED) is 0.868. The van der Waals surface area contributed by atoms with Gasteiger partial charge in [-0.3, -0.25) is 4.79 Å². The Morgan fingerprint density at radius 3 is 2.79 bits per heavy atom. The van der Waals surface area contributed by atoms with E-state index in [1.807, 2.05) is 11.4 Å². The van der Waals surface area contributed by atoms with Crippen molar-refractivity contribution in [3.8, 4) is 0 Å². The summed E-state index contributed by atoms with van der Waals surface area (Å²) < 4.78 is 0.853. The molecule has 0 saturated carbocycles. The maximum Gasteiger partial charge on any atom is 0.256 e. The van der Waals surface area contributed by atoms with Crippen LogP contribution in [0.3, 0.4) is 0 Å². The third kappa shape index (κ3) is 3.16. The summed E-state index contributed by atoms with van der Waals surface area (Å²) in [6.45, 7) is 2.66. The monoisotopic (exact) mass is 338 g/mol. The van der Waals surface area contributed by atoms with Crippen LogP contribution in [0.25, 0.3) is 0 Å². The molecule has 19 heavy (non-hydrogen) atoms. The van der Waals surface area contributed by atoms with Crippen LogP contribution in [0.15, 0.2) is 34.1 Å². The number of nitrogens with zero attached hydrogens (tertiary/aromatic N) is 1. The van der Waals surface area contributed by atoms with E-state index in [0.29, 0.717) is 17.8 Å². The Hall–Kier alpha value is -1.33. The molecule has 0 aliphatic rings. The Morgan fingerprint density at radius 2 is 2.16 bits per heavy atom. The predicted octanol–water partition coefficient (Wildman–Crippen LogP) is 3.67. The summed E-state index contributed by atoms with van der Waals surface area (Å²) >= 11 is 5.03. The van der Waals surface area contributed by atoms with E-state index in [2.05, 4.69) is 28.9 Å². The van der Waals surface area contributed by atoms with Crippen LogP contribution in [0.1, 0.15) is 20.8 Å². The highest BCUT2D eigenvalue weighted by Gasteiger charge is 2.16. The van der Waals surface area contributed by atoms with E-state index in [-0.39, 0.29) is 5.91 Å². The lowest BCUT2D eigenvalue weighted by Crippen LogP contribution is -2.26. The van der Waals surface area contributed by atoms with Gasteiger partial charge in [0.05, 0.1) is 12.1 Å². The zero-order valence-electron chi connectivity index (χ0n) is 10.8. The zero-order valence-corrected chi connectivity index (χ0v) is 13.2. The van der Waals surface area contributed by atoms with Crippen molar-refractivity contribution in [1.82, 2.24) is 4.90 Å². The molecule has 5 heteroatoms. The highest BCUT2D eigenvalue weighted by molar-refractivity contribution is 9.10. The first-order valence-corrected chi connectivity index (χ1v) is 7.49. The molecule has 0 aliphatic heterocycles. The molecule has 100 valence electrons. The fourth-order valence-electron chi connectivity index (χ4n) is 1.77. The van der Waals surface area contributed by atoms with Crippen LogP contribution >= 0.6 is 27.3 Å². The molecular weight excluding hydrogens is 324 g/mol. The number of hydrogen-bond donors (Lipinski definition) is 1. The van der Waals surface area contributed by atoms with Crippen LogP contribution in [0, 0.1) is 6.92 Å². The highest BCUT2D eigenvalue weighted by atomic mass is 79.9. The second-order valence-corrected chi connectivity index (χ2v) is 6.34. The van der Waals surface area contributed by atoms with Crippen molar-refractivity contribution in [2.45, 2.75) is 13.5 Å². The molecule has 2 N–H and O–H groups in total. The molecule has 0 unspecified atom stereocenters. The van der Waals surface area contributed by atoms with E-state index in [4.69, 9.17) is 5.73 Å². The molecular formula is C14H15BrN2OS. The Balaban J connectivity index is 2.19. The van der Waals surface area contributed by atoms with E-state index in [1.165, 1.54) is 10.4 Å². The lowest BCUT2D eigenvalue weighted by molar-refractivity contribution is 0.0787. The van der Waals surface area contributed by atoms with Gasteiger partial charge in [0.1, 0.15) is 0 Å². The average molecular weight is 339 g/mol. The first-order valence-electron chi connectivity index (χ1n) is 5.82. The van der Waals surface area contributed by atoms with E-state index in [9.17, 15) is 4.79 Å². The topological polar surface area (TPSA) is 46.3 Å². The number of amides is 1. The number of thiophene rings is 1. The van der Waals surface area contributed by atoms with Crippen molar-refractivity contribution in [3.63, 3.8) is 0 Å². The van der Waals surface area contributed by atoms with Crippen LogP contribution in [-0.2, 0) is 6.54 Å². The molecule has 1 heterocycles. The van der Waals surface area contributed by atoms with Gasteiger partial charge in [-0.05, 0) is 42.1 Å². The Morgan fingerprint density at radius 1 is 1.42 bits per heavy atom. The molecule has 0 spiro atoms. The summed E-state index contributed by atoms with van der Waals surface area (Å²) in [5, 5.41) is 2.04. The second-order valence-electron chi connectivity index (χ2n) is 4.42. The first kappa shape index (κ1) is 14.1. The number of halogens is 1. The Bertz CT molecular complexity index is 609. The van der Waals surface area contributed by atoms with Gasteiger partial charge in [-0.25, -0.2) is 0 Å². The largest absolute Gasteiger partial charge is 0.398 e. The van der Waals surface area contributed by atoms with Gasteiger partial charge in [0.25, 0.3) is 5.91 Å². The van der Waals surface area contributed by atoms with E-state index in [1.54, 1.807) is 35.4 Å². The maximum atomic E-state index is 12.4. The molecule has 1 amide bonds. The van der Waals surface area contributed by atoms with Gasteiger partial charge >= 0.3 is 0 Å². The number of carbonyl (C=O) groups is 1. The predicted molar refractivity (Wildman–Crippen MR) is 83.4 cm³/mol. The van der Waals surface area contributed by atoms with Crippen LogP contribution in [-0.4, -0.2) is 17.9 Å². The zero-order chi connectivity index (χ0) is 14.0. The standard InChI is InChI=1S/C14H15BrN2OS/c1-9-5-6-19-13(9)8-17(2)14(18)11-7-10(15)3-4-12(11)16/h3-7H,8,16H2,1-2H3. The van der Waals surface area contributed by atoms with Crippen LogP contribution in [0.5, 0.6) is 0 Å². The van der Waals surface area contributed by atoms with Crippen LogP contribution in [0.4, 0.5) is 5.69 Å². The average Bonchev–Trinajstić information content (AvgIpc) is 2.77. The first-order chi connectivity index (χ1) is 8.99. The molecule has 0 aliphatic carbocycles. The van der Waals surface area contributed by atoms with Crippen molar-refractivity contribution in [2.75, 3.05) is 12.8 Å². The SMILES string of the molecule is Cc1ccsc1CN(C)C(=O)c1cc(Br)ccc1N. The number of rotatable bonds is 3. The van der Waals surface area contributed by atoms with Crippen molar-refractivity contribution in [2.24, 2.45) is 0 Å². The normalized spacial score (nSPS) is 10.5. The van der Waals surface area contributed by atoms with Gasteiger partial charge in [-0.15, -0.1) is 11.3 Å². The summed E-state index contributed by atoms with van der Waals surface area (Å²) in [7, 11) is 1.79. The Labute approximate surface area is 125 Å². The van der Waals surface area contributed by atoms with Crippen molar-refractivity contribution in [3.05, 3.63) is 50.1 Å². The van der Waals surface area contributed by atoms with Gasteiger partial charge in [0.2, 0.25) is 0 Å². The van der Waals surface area contributed by atoms with Crippen molar-refractivity contribution >= 4 is 38.9 Å². The lowest BCUT2D eigenvalue weighted by Gasteiger charge is -2.18. The fraction of sp³-hybridized carbons (Fsp3) is 0.214. The highest BCUT2D eigenvalue weighted by Crippen LogP contribution is 2.22. The minimum atomic E-state index is -0.0633. The summed E-state index contributed by atoms with van der Waals surface area (Å²) in [4.78, 5) is 15.3. The molecule has 0 saturated heterocycles. The number of hydrogen-bond acceptors (Lipinski definition) is 3. The van der Waals surface area contributed by atoms with Gasteiger partial charge in [-0.1, -0.05) is 15.9 Å². The number of aryl methyl sites for hydroxylation is 1. The summed E-state index contributed by atoms with van der Waals surface area (Å²) in [5.74, 6) is -0.0633. The summed E-state index contributed by atoms with van der Waals surface area (Å²) in [6, 6.07) is 7.39. The maximum absolute atomic E-state index is 12.4. The van der Waals surface area contributed by atoms with Crippen molar-refractivity contribution < 1.29 is 4.79 Å². The summed E-state index contributed by atoms with van der Waals surface area (Å²) in [6.07, 6.45) is 0. The number of carbonyl (C=O) groups excluding carboxylic acids is 1.